The van der Waals surface area contributed by atoms with Gasteiger partial charge in [-0.15, -0.1) is 0 Å². The molecule has 6 rings (SSSR count). The number of hydrogen-bond donors (Lipinski definition) is 1. The maximum atomic E-state index is 14.5. The van der Waals surface area contributed by atoms with Gasteiger partial charge in [-0.25, -0.2) is 25.3 Å². The van der Waals surface area contributed by atoms with E-state index in [1.165, 1.54) is 36.4 Å². The van der Waals surface area contributed by atoms with E-state index in [-0.39, 0.29) is 56.8 Å². The molecular formula is C36H41N9O12S3. The highest BCUT2D eigenvalue weighted by molar-refractivity contribution is 7.89. The topological polar surface area (TPSA) is 270 Å². The largest absolute Gasteiger partial charge is 0.369 e. The molecule has 320 valence electrons. The van der Waals surface area contributed by atoms with Crippen molar-refractivity contribution in [1.82, 2.24) is 23.2 Å². The summed E-state index contributed by atoms with van der Waals surface area (Å²) in [7, 11) is -14.0. The normalized spacial score (nSPS) is 17.3. The number of piperazine rings is 1. The van der Waals surface area contributed by atoms with Crippen LogP contribution >= 0.6 is 0 Å². The van der Waals surface area contributed by atoms with Crippen LogP contribution in [-0.2, 0) is 43.2 Å². The van der Waals surface area contributed by atoms with E-state index in [9.17, 15) is 55.6 Å². The molecule has 4 aromatic rings. The highest BCUT2D eigenvalue weighted by atomic mass is 32.2. The van der Waals surface area contributed by atoms with Crippen molar-refractivity contribution in [2.24, 2.45) is 0 Å². The number of sulfonamides is 3. The van der Waals surface area contributed by atoms with Crippen molar-refractivity contribution in [3.63, 3.8) is 0 Å². The van der Waals surface area contributed by atoms with Crippen LogP contribution in [-0.4, -0.2) is 110 Å². The minimum Gasteiger partial charge on any atom is -0.369 e. The standard InChI is InChI=1S/C36H41N9O12S3/c46-43(47)31-10-1-4-13-34(31)58(52,53)40-18-7-8-19-41(59(54,55)35-14-5-2-11-32(35)44(48)49)26-28-24-30(39-22-16-37-17-23-39)25-29(38-28)27-42(21-9-20-40)60(56,57)36-15-6-3-12-33(36)45(50)51/h1-6,10-15,24-25,37H,7-9,16-23,26-27H2. The van der Waals surface area contributed by atoms with E-state index < -0.39 is 89.7 Å². The molecule has 60 heavy (non-hydrogen) atoms. The number of benzene rings is 3. The molecule has 0 atom stereocenters. The number of nitro groups is 3. The number of nitrogens with zero attached hydrogens (tertiary/aromatic N) is 8. The fraction of sp³-hybridized carbons (Fsp3) is 0.361. The minimum atomic E-state index is -4.72. The molecule has 3 aromatic carbocycles. The van der Waals surface area contributed by atoms with Crippen LogP contribution in [0.5, 0.6) is 0 Å². The molecule has 21 nitrogen and oxygen atoms in total. The summed E-state index contributed by atoms with van der Waals surface area (Å²) in [4.78, 5) is 38.3. The zero-order chi connectivity index (χ0) is 43.2. The second-order valence-electron chi connectivity index (χ2n) is 13.9. The Balaban J connectivity index is 1.50. The maximum Gasteiger partial charge on any atom is 0.289 e. The molecule has 0 spiro atoms. The Morgan fingerprint density at radius 3 is 1.27 bits per heavy atom. The number of rotatable bonds is 10. The number of para-hydroxylation sites is 3. The van der Waals surface area contributed by atoms with Crippen molar-refractivity contribution in [2.45, 2.75) is 47.0 Å². The summed E-state index contributed by atoms with van der Waals surface area (Å²) in [5.41, 5.74) is -1.19. The fourth-order valence-corrected chi connectivity index (χ4v) is 12.0. The van der Waals surface area contributed by atoms with Gasteiger partial charge < -0.3 is 10.2 Å². The Morgan fingerprint density at radius 1 is 0.500 bits per heavy atom. The van der Waals surface area contributed by atoms with Gasteiger partial charge in [0.05, 0.1) is 39.2 Å². The van der Waals surface area contributed by atoms with Crippen molar-refractivity contribution in [2.75, 3.05) is 57.3 Å². The van der Waals surface area contributed by atoms with E-state index in [0.29, 0.717) is 31.9 Å². The second-order valence-corrected chi connectivity index (χ2v) is 19.6. The molecule has 1 N–H and O–H groups in total. The monoisotopic (exact) mass is 887 g/mol. The number of nitro benzene ring substituents is 3. The number of fused-ring (bicyclic) bond motifs is 2. The van der Waals surface area contributed by atoms with E-state index in [0.717, 1.165) is 49.3 Å². The zero-order valence-electron chi connectivity index (χ0n) is 32.0. The second kappa shape index (κ2) is 18.4. The first kappa shape index (κ1) is 44.1. The van der Waals surface area contributed by atoms with Gasteiger partial charge in [-0.05, 0) is 49.6 Å². The number of aromatic nitrogens is 1. The summed E-state index contributed by atoms with van der Waals surface area (Å²) in [5, 5.41) is 39.2. The molecule has 2 aliphatic rings. The van der Waals surface area contributed by atoms with Crippen molar-refractivity contribution >= 4 is 52.8 Å². The Morgan fingerprint density at radius 2 is 0.850 bits per heavy atom. The Kier molecular flexibility index (Phi) is 13.5. The van der Waals surface area contributed by atoms with Crippen LogP contribution in [0.1, 0.15) is 30.7 Å². The molecule has 1 aromatic heterocycles. The van der Waals surface area contributed by atoms with Crippen molar-refractivity contribution in [1.29, 1.82) is 0 Å². The Hall–Kier alpha value is -5.50. The molecule has 0 aliphatic carbocycles. The zero-order valence-corrected chi connectivity index (χ0v) is 34.4. The van der Waals surface area contributed by atoms with Crippen LogP contribution in [0.25, 0.3) is 0 Å². The molecule has 24 heteroatoms. The summed E-state index contributed by atoms with van der Waals surface area (Å²) < 4.78 is 88.9. The van der Waals surface area contributed by atoms with Crippen LogP contribution in [0.2, 0.25) is 0 Å². The van der Waals surface area contributed by atoms with Gasteiger partial charge in [0.25, 0.3) is 17.1 Å². The predicted octanol–water partition coefficient (Wildman–Crippen LogP) is 3.47. The van der Waals surface area contributed by atoms with E-state index in [2.05, 4.69) is 5.32 Å². The lowest BCUT2D eigenvalue weighted by Crippen LogP contribution is -2.43. The number of anilines is 1. The van der Waals surface area contributed by atoms with Crippen LogP contribution in [0, 0.1) is 30.3 Å². The number of pyridine rings is 1. The summed E-state index contributed by atoms with van der Waals surface area (Å²) in [6.45, 7) is 0.0474. The Labute approximate surface area is 345 Å². The van der Waals surface area contributed by atoms with E-state index in [1.54, 1.807) is 12.1 Å². The average molecular weight is 888 g/mol. The molecule has 0 amide bonds. The van der Waals surface area contributed by atoms with Gasteiger partial charge in [0, 0.05) is 76.2 Å². The lowest BCUT2D eigenvalue weighted by atomic mass is 10.2. The van der Waals surface area contributed by atoms with Gasteiger partial charge in [0.15, 0.2) is 14.7 Å². The smallest absolute Gasteiger partial charge is 0.289 e. The van der Waals surface area contributed by atoms with Gasteiger partial charge in [0.2, 0.25) is 30.1 Å². The molecule has 1 fully saturated rings. The lowest BCUT2D eigenvalue weighted by molar-refractivity contribution is -0.388. The van der Waals surface area contributed by atoms with Crippen molar-refractivity contribution in [3.8, 4) is 0 Å². The molecule has 0 radical (unpaired) electrons. The SMILES string of the molecule is O=[N+]([O-])c1ccccc1S(=O)(=O)N1CCCCN(S(=O)(=O)c2ccccc2[N+](=O)[O-])Cc2cc(N3CCNCC3)cc(n2)CN(S(=O)(=O)c2ccccc2[N+](=O)[O-])CCC1. The van der Waals surface area contributed by atoms with Crippen molar-refractivity contribution in [3.05, 3.63) is 127 Å². The van der Waals surface area contributed by atoms with Gasteiger partial charge in [0.1, 0.15) is 0 Å². The quantitative estimate of drug-likeness (QED) is 0.176. The molecule has 3 heterocycles. The summed E-state index contributed by atoms with van der Waals surface area (Å²) in [5.74, 6) is 0. The highest BCUT2D eigenvalue weighted by Crippen LogP contribution is 2.32. The van der Waals surface area contributed by atoms with Gasteiger partial charge >= 0.3 is 0 Å². The van der Waals surface area contributed by atoms with Crippen LogP contribution < -0.4 is 10.2 Å². The predicted molar refractivity (Wildman–Crippen MR) is 216 cm³/mol. The van der Waals surface area contributed by atoms with Gasteiger partial charge in [-0.1, -0.05) is 36.4 Å². The first-order valence-corrected chi connectivity index (χ1v) is 23.0. The molecule has 2 bridgehead atoms. The third-order valence-electron chi connectivity index (χ3n) is 9.99. The first-order valence-electron chi connectivity index (χ1n) is 18.7. The maximum absolute atomic E-state index is 14.5. The Bertz CT molecular complexity index is 2610. The van der Waals surface area contributed by atoms with E-state index >= 15 is 0 Å². The fourth-order valence-electron chi connectivity index (χ4n) is 7.08. The summed E-state index contributed by atoms with van der Waals surface area (Å²) >= 11 is 0. The number of hydrogen-bond acceptors (Lipinski definition) is 15. The molecular weight excluding hydrogens is 847 g/mol. The molecule has 1 saturated heterocycles. The third-order valence-corrected chi connectivity index (χ3v) is 15.7. The van der Waals surface area contributed by atoms with Gasteiger partial charge in [-0.3, -0.25) is 35.3 Å². The summed E-state index contributed by atoms with van der Waals surface area (Å²) in [6.07, 6.45) is -0.159. The molecule has 0 unspecified atom stereocenters. The lowest BCUT2D eigenvalue weighted by Gasteiger charge is -2.31. The average Bonchev–Trinajstić information content (AvgIpc) is 3.23. The van der Waals surface area contributed by atoms with Crippen LogP contribution in [0.15, 0.2) is 99.6 Å². The highest BCUT2D eigenvalue weighted by Gasteiger charge is 2.36. The third kappa shape index (κ3) is 9.59. The molecule has 0 saturated carbocycles. The molecule has 2 aliphatic heterocycles. The van der Waals surface area contributed by atoms with E-state index in [4.69, 9.17) is 4.98 Å². The van der Waals surface area contributed by atoms with Crippen LogP contribution in [0.3, 0.4) is 0 Å². The first-order chi connectivity index (χ1) is 28.5. The van der Waals surface area contributed by atoms with Gasteiger partial charge in [-0.2, -0.15) is 12.9 Å². The van der Waals surface area contributed by atoms with Crippen molar-refractivity contribution < 1.29 is 40.0 Å². The minimum absolute atomic E-state index is 0.000479. The van der Waals surface area contributed by atoms with E-state index in [1.807, 2.05) is 4.90 Å². The van der Waals surface area contributed by atoms with Crippen LogP contribution in [0.4, 0.5) is 22.7 Å². The number of nitrogens with one attached hydrogen (secondary N) is 1. The summed E-state index contributed by atoms with van der Waals surface area (Å²) in [6, 6.07) is 17.6.